The highest BCUT2D eigenvalue weighted by Gasteiger charge is 2.34. The van der Waals surface area contributed by atoms with Crippen molar-refractivity contribution in [3.8, 4) is 0 Å². The zero-order chi connectivity index (χ0) is 17.0. The Morgan fingerprint density at radius 1 is 1.38 bits per heavy atom. The van der Waals surface area contributed by atoms with Crippen molar-refractivity contribution in [2.45, 2.75) is 44.0 Å². The van der Waals surface area contributed by atoms with E-state index >= 15 is 0 Å². The molecule has 2 rings (SSSR count). The van der Waals surface area contributed by atoms with Crippen LogP contribution in [-0.2, 0) is 20.5 Å². The van der Waals surface area contributed by atoms with Gasteiger partial charge in [-0.3, -0.25) is 0 Å². The van der Waals surface area contributed by atoms with Gasteiger partial charge in [0.2, 0.25) is 10.0 Å². The molecule has 1 aliphatic rings. The monoisotopic (exact) mass is 376 g/mol. The molecule has 2 N–H and O–H groups in total. The van der Waals surface area contributed by atoms with Crippen molar-refractivity contribution in [3.63, 3.8) is 0 Å². The third-order valence-corrected chi connectivity index (χ3v) is 6.07. The Hall–Kier alpha value is -1.15. The number of esters is 1. The molecule has 0 amide bonds. The van der Waals surface area contributed by atoms with Gasteiger partial charge in [0, 0.05) is 18.6 Å². The molecule has 1 aromatic carbocycles. The fraction of sp³-hybridized carbons (Fsp3) is 0.562. The lowest BCUT2D eigenvalue weighted by Crippen LogP contribution is -2.51. The summed E-state index contributed by atoms with van der Waals surface area (Å²) in [6.07, 6.45) is 2.59. The fourth-order valence-electron chi connectivity index (χ4n) is 3.04. The predicted molar refractivity (Wildman–Crippen MR) is 95.6 cm³/mol. The van der Waals surface area contributed by atoms with Crippen molar-refractivity contribution in [2.75, 3.05) is 13.7 Å². The number of nitrogens with zero attached hydrogens (tertiary/aromatic N) is 1. The Bertz CT molecular complexity index is 664. The molecular weight excluding hydrogens is 352 g/mol. The largest absolute Gasteiger partial charge is 0.465 e. The van der Waals surface area contributed by atoms with Crippen LogP contribution in [-0.4, -0.2) is 44.4 Å². The second-order valence-corrected chi connectivity index (χ2v) is 7.86. The van der Waals surface area contributed by atoms with Crippen LogP contribution >= 0.6 is 12.4 Å². The van der Waals surface area contributed by atoms with Gasteiger partial charge >= 0.3 is 5.97 Å². The summed E-state index contributed by atoms with van der Waals surface area (Å²) in [5.41, 5.74) is 6.70. The van der Waals surface area contributed by atoms with Gasteiger partial charge in [-0.25, -0.2) is 13.2 Å². The zero-order valence-corrected chi connectivity index (χ0v) is 15.6. The number of hydrogen-bond donors (Lipinski definition) is 1. The minimum absolute atomic E-state index is 0. The van der Waals surface area contributed by atoms with Gasteiger partial charge < -0.3 is 10.5 Å². The summed E-state index contributed by atoms with van der Waals surface area (Å²) < 4.78 is 31.9. The molecule has 6 nitrogen and oxygen atoms in total. The van der Waals surface area contributed by atoms with Crippen LogP contribution in [0, 0.1) is 0 Å². The fourth-order valence-corrected chi connectivity index (χ4v) is 4.96. The number of carbonyl (C=O) groups excluding carboxylic acids is 1. The van der Waals surface area contributed by atoms with Crippen molar-refractivity contribution >= 4 is 28.4 Å². The summed E-state index contributed by atoms with van der Waals surface area (Å²) in [6.45, 7) is 2.32. The molecule has 0 spiro atoms. The molecule has 0 aliphatic carbocycles. The zero-order valence-electron chi connectivity index (χ0n) is 14.0. The normalized spacial score (nSPS) is 20.0. The van der Waals surface area contributed by atoms with E-state index in [0.717, 1.165) is 19.3 Å². The summed E-state index contributed by atoms with van der Waals surface area (Å²) in [5.74, 6) is -0.750. The lowest BCUT2D eigenvalue weighted by atomic mass is 10.00. The first-order valence-corrected chi connectivity index (χ1v) is 9.39. The van der Waals surface area contributed by atoms with E-state index in [-0.39, 0.29) is 35.8 Å². The third kappa shape index (κ3) is 4.69. The van der Waals surface area contributed by atoms with Crippen molar-refractivity contribution in [2.24, 2.45) is 5.73 Å². The molecule has 136 valence electrons. The Morgan fingerprint density at radius 3 is 2.67 bits per heavy atom. The van der Waals surface area contributed by atoms with Crippen LogP contribution < -0.4 is 5.73 Å². The van der Waals surface area contributed by atoms with Gasteiger partial charge in [-0.15, -0.1) is 12.4 Å². The molecule has 1 aromatic rings. The van der Waals surface area contributed by atoms with Gasteiger partial charge in [-0.1, -0.05) is 24.6 Å². The van der Waals surface area contributed by atoms with Crippen LogP contribution in [0.4, 0.5) is 0 Å². The Kier molecular flexibility index (Phi) is 7.66. The van der Waals surface area contributed by atoms with Gasteiger partial charge in [-0.05, 0) is 31.4 Å². The minimum Gasteiger partial charge on any atom is -0.465 e. The van der Waals surface area contributed by atoms with Crippen LogP contribution in [0.3, 0.4) is 0 Å². The lowest BCUT2D eigenvalue weighted by Gasteiger charge is -2.37. The van der Waals surface area contributed by atoms with E-state index in [1.807, 2.05) is 6.92 Å². The minimum atomic E-state index is -3.55. The first-order chi connectivity index (χ1) is 10.9. The molecule has 2 atom stereocenters. The van der Waals surface area contributed by atoms with E-state index in [0.29, 0.717) is 12.1 Å². The number of nitrogens with two attached hydrogens (primary N) is 1. The van der Waals surface area contributed by atoms with E-state index in [4.69, 9.17) is 10.5 Å². The molecule has 1 aliphatic heterocycles. The maximum Gasteiger partial charge on any atom is 0.338 e. The molecule has 1 fully saturated rings. The standard InChI is InChI=1S/C16H24N2O4S.ClH/c1-12(17)15-9-5-6-10-18(15)23(20,21)11-13-7-3-4-8-14(13)16(19)22-2;/h3-4,7-8,12,15H,5-6,9-11,17H2,1-2H3;1H. The number of rotatable bonds is 5. The number of hydrogen-bond acceptors (Lipinski definition) is 5. The first-order valence-electron chi connectivity index (χ1n) is 7.78. The number of sulfonamides is 1. The average Bonchev–Trinajstić information content (AvgIpc) is 2.54. The van der Waals surface area contributed by atoms with E-state index in [9.17, 15) is 13.2 Å². The predicted octanol–water partition coefficient (Wildman–Crippen LogP) is 1.93. The van der Waals surface area contributed by atoms with Gasteiger partial charge in [0.15, 0.2) is 0 Å². The molecule has 0 bridgehead atoms. The number of carbonyl (C=O) groups is 1. The summed E-state index contributed by atoms with van der Waals surface area (Å²) in [7, 11) is -2.27. The maximum atomic E-state index is 12.9. The first kappa shape index (κ1) is 20.9. The topological polar surface area (TPSA) is 89.7 Å². The number of halogens is 1. The number of methoxy groups -OCH3 is 1. The van der Waals surface area contributed by atoms with Crippen molar-refractivity contribution in [1.29, 1.82) is 0 Å². The SMILES string of the molecule is COC(=O)c1ccccc1CS(=O)(=O)N1CCCCC1C(C)N.Cl. The summed E-state index contributed by atoms with van der Waals surface area (Å²) >= 11 is 0. The average molecular weight is 377 g/mol. The third-order valence-electron chi connectivity index (χ3n) is 4.22. The van der Waals surface area contributed by atoms with Crippen LogP contribution in [0.25, 0.3) is 0 Å². The van der Waals surface area contributed by atoms with Crippen LogP contribution in [0.2, 0.25) is 0 Å². The second kappa shape index (κ2) is 8.80. The summed E-state index contributed by atoms with van der Waals surface area (Å²) in [4.78, 5) is 11.8. The van der Waals surface area contributed by atoms with Crippen molar-refractivity contribution < 1.29 is 17.9 Å². The molecule has 0 radical (unpaired) electrons. The quantitative estimate of drug-likeness (QED) is 0.793. The molecule has 1 heterocycles. The molecule has 24 heavy (non-hydrogen) atoms. The van der Waals surface area contributed by atoms with Gasteiger partial charge in [0.25, 0.3) is 0 Å². The molecular formula is C16H25ClN2O4S. The van der Waals surface area contributed by atoms with E-state index < -0.39 is 16.0 Å². The summed E-state index contributed by atoms with van der Waals surface area (Å²) in [6, 6.07) is 6.23. The highest BCUT2D eigenvalue weighted by atomic mass is 35.5. The van der Waals surface area contributed by atoms with Crippen molar-refractivity contribution in [1.82, 2.24) is 4.31 Å². The van der Waals surface area contributed by atoms with Crippen LogP contribution in [0.1, 0.15) is 42.1 Å². The molecule has 0 aromatic heterocycles. The Balaban J connectivity index is 0.00000288. The van der Waals surface area contributed by atoms with E-state index in [2.05, 4.69) is 0 Å². The van der Waals surface area contributed by atoms with E-state index in [1.165, 1.54) is 11.4 Å². The summed E-state index contributed by atoms with van der Waals surface area (Å²) in [5, 5.41) is 0. The second-order valence-electron chi connectivity index (χ2n) is 5.94. The lowest BCUT2D eigenvalue weighted by molar-refractivity contribution is 0.0600. The number of ether oxygens (including phenoxy) is 1. The smallest absolute Gasteiger partial charge is 0.338 e. The molecule has 8 heteroatoms. The van der Waals surface area contributed by atoms with Gasteiger partial charge in [-0.2, -0.15) is 4.31 Å². The van der Waals surface area contributed by atoms with Crippen LogP contribution in [0.5, 0.6) is 0 Å². The van der Waals surface area contributed by atoms with Crippen molar-refractivity contribution in [3.05, 3.63) is 35.4 Å². The highest BCUT2D eigenvalue weighted by molar-refractivity contribution is 7.88. The van der Waals surface area contributed by atoms with Gasteiger partial charge in [0.05, 0.1) is 18.4 Å². The van der Waals surface area contributed by atoms with E-state index in [1.54, 1.807) is 24.3 Å². The highest BCUT2D eigenvalue weighted by Crippen LogP contribution is 2.25. The Labute approximate surface area is 149 Å². The number of benzene rings is 1. The molecule has 1 saturated heterocycles. The van der Waals surface area contributed by atoms with Gasteiger partial charge in [0.1, 0.15) is 0 Å². The molecule has 0 saturated carbocycles. The van der Waals surface area contributed by atoms with Crippen LogP contribution in [0.15, 0.2) is 24.3 Å². The Morgan fingerprint density at radius 2 is 2.04 bits per heavy atom. The number of piperidine rings is 1. The molecule has 2 unspecified atom stereocenters. The maximum absolute atomic E-state index is 12.9.